The SMILES string of the molecule is CCNCCCCN1SN(c2ccc(F)cc2F)c2ccccc21. The van der Waals surface area contributed by atoms with Crippen molar-refractivity contribution in [1.82, 2.24) is 5.32 Å². The molecule has 0 saturated carbocycles. The lowest BCUT2D eigenvalue weighted by atomic mass is 10.2. The summed E-state index contributed by atoms with van der Waals surface area (Å²) in [6.45, 7) is 4.97. The van der Waals surface area contributed by atoms with Gasteiger partial charge in [-0.25, -0.2) is 8.78 Å². The fraction of sp³-hybridized carbons (Fsp3) is 0.333. The Kier molecular flexibility index (Phi) is 5.58. The van der Waals surface area contributed by atoms with Gasteiger partial charge in [0.1, 0.15) is 5.82 Å². The number of hydrogen-bond donors (Lipinski definition) is 1. The molecule has 1 N–H and O–H groups in total. The molecule has 0 bridgehead atoms. The van der Waals surface area contributed by atoms with Crippen molar-refractivity contribution < 1.29 is 8.78 Å². The van der Waals surface area contributed by atoms with Gasteiger partial charge in [-0.2, -0.15) is 0 Å². The van der Waals surface area contributed by atoms with Crippen molar-refractivity contribution in [2.75, 3.05) is 28.2 Å². The predicted molar refractivity (Wildman–Crippen MR) is 97.7 cm³/mol. The van der Waals surface area contributed by atoms with E-state index in [9.17, 15) is 8.78 Å². The van der Waals surface area contributed by atoms with E-state index in [1.54, 1.807) is 0 Å². The van der Waals surface area contributed by atoms with Crippen LogP contribution in [0, 0.1) is 11.6 Å². The van der Waals surface area contributed by atoms with Gasteiger partial charge in [0, 0.05) is 12.6 Å². The van der Waals surface area contributed by atoms with E-state index in [0.717, 1.165) is 49.9 Å². The van der Waals surface area contributed by atoms with Crippen LogP contribution in [0.15, 0.2) is 42.5 Å². The van der Waals surface area contributed by atoms with Gasteiger partial charge in [-0.15, -0.1) is 0 Å². The molecular weight excluding hydrogens is 328 g/mol. The first-order valence-electron chi connectivity index (χ1n) is 8.21. The molecule has 0 atom stereocenters. The largest absolute Gasteiger partial charge is 0.317 e. The summed E-state index contributed by atoms with van der Waals surface area (Å²) in [7, 11) is 0. The molecule has 3 nitrogen and oxygen atoms in total. The third-order valence-corrected chi connectivity index (χ3v) is 5.03. The molecular formula is C18H21F2N3S. The van der Waals surface area contributed by atoms with Crippen LogP contribution >= 0.6 is 12.1 Å². The molecule has 0 amide bonds. The van der Waals surface area contributed by atoms with Crippen LogP contribution in [0.4, 0.5) is 25.8 Å². The Morgan fingerprint density at radius 1 is 1.00 bits per heavy atom. The number of hydrogen-bond acceptors (Lipinski definition) is 4. The average molecular weight is 349 g/mol. The minimum Gasteiger partial charge on any atom is -0.317 e. The molecule has 128 valence electrons. The second-order valence-electron chi connectivity index (χ2n) is 5.62. The Hall–Kier alpha value is -1.79. The number of halogens is 2. The van der Waals surface area contributed by atoms with Crippen molar-refractivity contribution in [3.8, 4) is 0 Å². The first-order valence-corrected chi connectivity index (χ1v) is 8.94. The smallest absolute Gasteiger partial charge is 0.150 e. The summed E-state index contributed by atoms with van der Waals surface area (Å²) in [6.07, 6.45) is 2.14. The number of para-hydroxylation sites is 2. The van der Waals surface area contributed by atoms with Crippen LogP contribution in [0.1, 0.15) is 19.8 Å². The summed E-state index contributed by atoms with van der Waals surface area (Å²) in [5, 5.41) is 3.32. The van der Waals surface area contributed by atoms with Crippen LogP contribution in [0.3, 0.4) is 0 Å². The third-order valence-electron chi connectivity index (χ3n) is 3.89. The van der Waals surface area contributed by atoms with Crippen LogP contribution < -0.4 is 13.9 Å². The Labute approximate surface area is 145 Å². The maximum absolute atomic E-state index is 14.2. The predicted octanol–water partition coefficient (Wildman–Crippen LogP) is 4.88. The van der Waals surface area contributed by atoms with Gasteiger partial charge >= 0.3 is 0 Å². The van der Waals surface area contributed by atoms with E-state index in [0.29, 0.717) is 5.69 Å². The van der Waals surface area contributed by atoms with Gasteiger partial charge < -0.3 is 5.32 Å². The monoisotopic (exact) mass is 349 g/mol. The molecule has 0 spiro atoms. The lowest BCUT2D eigenvalue weighted by Gasteiger charge is -2.20. The molecule has 0 radical (unpaired) electrons. The fourth-order valence-corrected chi connectivity index (χ4v) is 3.83. The first kappa shape index (κ1) is 17.0. The van der Waals surface area contributed by atoms with Crippen LogP contribution in [-0.2, 0) is 0 Å². The van der Waals surface area contributed by atoms with Crippen LogP contribution in [0.2, 0.25) is 0 Å². The number of benzene rings is 2. The lowest BCUT2D eigenvalue weighted by Crippen LogP contribution is -2.18. The zero-order valence-electron chi connectivity index (χ0n) is 13.6. The first-order chi connectivity index (χ1) is 11.7. The molecule has 1 aliphatic rings. The fourth-order valence-electron chi connectivity index (χ4n) is 2.70. The van der Waals surface area contributed by atoms with Crippen LogP contribution in [0.25, 0.3) is 0 Å². The average Bonchev–Trinajstić information content (AvgIpc) is 2.94. The Morgan fingerprint density at radius 2 is 1.79 bits per heavy atom. The van der Waals surface area contributed by atoms with Gasteiger partial charge in [0.05, 0.1) is 29.2 Å². The van der Waals surface area contributed by atoms with Crippen molar-refractivity contribution in [1.29, 1.82) is 0 Å². The molecule has 0 aliphatic carbocycles. The molecule has 1 aliphatic heterocycles. The van der Waals surface area contributed by atoms with Crippen molar-refractivity contribution in [2.24, 2.45) is 0 Å². The van der Waals surface area contributed by atoms with E-state index in [1.807, 2.05) is 28.6 Å². The highest BCUT2D eigenvalue weighted by atomic mass is 32.2. The van der Waals surface area contributed by atoms with Crippen molar-refractivity contribution in [2.45, 2.75) is 19.8 Å². The van der Waals surface area contributed by atoms with Crippen molar-refractivity contribution in [3.63, 3.8) is 0 Å². The summed E-state index contributed by atoms with van der Waals surface area (Å²) in [4.78, 5) is 0. The highest BCUT2D eigenvalue weighted by Gasteiger charge is 2.29. The number of anilines is 3. The molecule has 0 unspecified atom stereocenters. The molecule has 2 aromatic carbocycles. The quantitative estimate of drug-likeness (QED) is 0.567. The minimum atomic E-state index is -0.561. The van der Waals surface area contributed by atoms with E-state index in [2.05, 4.69) is 16.5 Å². The van der Waals surface area contributed by atoms with Gasteiger partial charge in [-0.1, -0.05) is 19.1 Å². The lowest BCUT2D eigenvalue weighted by molar-refractivity contribution is 0.585. The molecule has 24 heavy (non-hydrogen) atoms. The number of fused-ring (bicyclic) bond motifs is 1. The summed E-state index contributed by atoms with van der Waals surface area (Å²) < 4.78 is 31.4. The number of nitrogens with zero attached hydrogens (tertiary/aromatic N) is 2. The van der Waals surface area contributed by atoms with Crippen molar-refractivity contribution >= 4 is 29.2 Å². The standard InChI is InChI=1S/C18H21F2N3S/c1-2-21-11-5-6-12-22-17-7-3-4-8-18(17)23(24-22)16-10-9-14(19)13-15(16)20/h3-4,7-10,13,21H,2,5-6,11-12H2,1H3. The second kappa shape index (κ2) is 7.85. The number of rotatable bonds is 7. The van der Waals surface area contributed by atoms with E-state index < -0.39 is 11.6 Å². The van der Waals surface area contributed by atoms with Gasteiger partial charge in [0.25, 0.3) is 0 Å². The molecule has 3 rings (SSSR count). The zero-order chi connectivity index (χ0) is 16.9. The van der Waals surface area contributed by atoms with Gasteiger partial charge in [-0.3, -0.25) is 8.61 Å². The van der Waals surface area contributed by atoms with E-state index in [-0.39, 0.29) is 0 Å². The van der Waals surface area contributed by atoms with Gasteiger partial charge in [-0.05, 0) is 50.2 Å². The number of nitrogens with one attached hydrogen (secondary N) is 1. The Bertz CT molecular complexity index is 696. The summed E-state index contributed by atoms with van der Waals surface area (Å²) in [5.74, 6) is -1.11. The summed E-state index contributed by atoms with van der Waals surface area (Å²) in [5.41, 5.74) is 2.37. The van der Waals surface area contributed by atoms with E-state index >= 15 is 0 Å². The Balaban J connectivity index is 1.76. The summed E-state index contributed by atoms with van der Waals surface area (Å²) >= 11 is 1.46. The van der Waals surface area contributed by atoms with Crippen LogP contribution in [-0.4, -0.2) is 19.6 Å². The molecule has 0 aromatic heterocycles. The minimum absolute atomic E-state index is 0.379. The maximum Gasteiger partial charge on any atom is 0.150 e. The topological polar surface area (TPSA) is 18.5 Å². The zero-order valence-corrected chi connectivity index (χ0v) is 14.5. The maximum atomic E-state index is 14.2. The Morgan fingerprint density at radius 3 is 2.54 bits per heavy atom. The van der Waals surface area contributed by atoms with Crippen LogP contribution in [0.5, 0.6) is 0 Å². The molecule has 2 aromatic rings. The number of unbranched alkanes of at least 4 members (excludes halogenated alkanes) is 1. The molecule has 1 heterocycles. The van der Waals surface area contributed by atoms with Gasteiger partial charge in [0.2, 0.25) is 0 Å². The van der Waals surface area contributed by atoms with Gasteiger partial charge in [0.15, 0.2) is 5.82 Å². The third kappa shape index (κ3) is 3.65. The highest BCUT2D eigenvalue weighted by Crippen LogP contribution is 2.49. The molecule has 0 fully saturated rings. The molecule has 6 heteroatoms. The second-order valence-corrected chi connectivity index (χ2v) is 6.59. The van der Waals surface area contributed by atoms with E-state index in [1.165, 1.54) is 24.3 Å². The molecule has 0 saturated heterocycles. The van der Waals surface area contributed by atoms with E-state index in [4.69, 9.17) is 0 Å². The normalized spacial score (nSPS) is 13.5. The summed E-state index contributed by atoms with van der Waals surface area (Å²) in [6, 6.07) is 11.6. The highest BCUT2D eigenvalue weighted by molar-refractivity contribution is 8.02. The van der Waals surface area contributed by atoms with Crippen molar-refractivity contribution in [3.05, 3.63) is 54.1 Å².